The van der Waals surface area contributed by atoms with Crippen LogP contribution in [0.15, 0.2) is 18.3 Å². The van der Waals surface area contributed by atoms with Gasteiger partial charge >= 0.3 is 5.97 Å². The van der Waals surface area contributed by atoms with E-state index in [1.54, 1.807) is 6.07 Å². The van der Waals surface area contributed by atoms with Gasteiger partial charge in [-0.05, 0) is 11.6 Å². The van der Waals surface area contributed by atoms with E-state index in [9.17, 15) is 4.79 Å². The number of carbonyl (C=O) groups is 1. The lowest BCUT2D eigenvalue weighted by Crippen LogP contribution is -2.20. The molecule has 5 heteroatoms. The zero-order valence-electron chi connectivity index (χ0n) is 7.10. The Hall–Kier alpha value is -1.62. The summed E-state index contributed by atoms with van der Waals surface area (Å²) in [7, 11) is 1.46. The zero-order valence-corrected chi connectivity index (χ0v) is 7.10. The molecule has 1 atom stereocenters. The molecule has 0 aliphatic carbocycles. The van der Waals surface area contributed by atoms with Crippen LogP contribution in [0.25, 0.3) is 0 Å². The summed E-state index contributed by atoms with van der Waals surface area (Å²) in [6.07, 6.45) is 1.46. The second kappa shape index (κ2) is 3.86. The SMILES string of the molecule is COc1cc(C(N)C(=O)O)ccn1. The average molecular weight is 182 g/mol. The Bertz CT molecular complexity index is 314. The molecular weight excluding hydrogens is 172 g/mol. The van der Waals surface area contributed by atoms with E-state index < -0.39 is 12.0 Å². The molecule has 5 nitrogen and oxygen atoms in total. The van der Waals surface area contributed by atoms with Gasteiger partial charge in [0.25, 0.3) is 0 Å². The lowest BCUT2D eigenvalue weighted by molar-refractivity contribution is -0.138. The van der Waals surface area contributed by atoms with Crippen LogP contribution < -0.4 is 10.5 Å². The topological polar surface area (TPSA) is 85.4 Å². The first-order valence-electron chi connectivity index (χ1n) is 3.63. The summed E-state index contributed by atoms with van der Waals surface area (Å²) >= 11 is 0. The minimum absolute atomic E-state index is 0.356. The molecule has 0 amide bonds. The minimum Gasteiger partial charge on any atom is -0.481 e. The molecule has 1 aromatic rings. The summed E-state index contributed by atoms with van der Waals surface area (Å²) in [5, 5.41) is 8.61. The van der Waals surface area contributed by atoms with Gasteiger partial charge in [0.05, 0.1) is 7.11 Å². The predicted octanol–water partition coefficient (Wildman–Crippen LogP) is 0.175. The van der Waals surface area contributed by atoms with E-state index in [0.717, 1.165) is 0 Å². The van der Waals surface area contributed by atoms with E-state index in [1.807, 2.05) is 0 Å². The molecule has 3 N–H and O–H groups in total. The monoisotopic (exact) mass is 182 g/mol. The number of hydrogen-bond donors (Lipinski definition) is 2. The average Bonchev–Trinajstić information content (AvgIpc) is 2.16. The molecule has 0 aromatic carbocycles. The van der Waals surface area contributed by atoms with Gasteiger partial charge in [-0.3, -0.25) is 4.79 Å². The van der Waals surface area contributed by atoms with Gasteiger partial charge in [-0.2, -0.15) is 0 Å². The standard InChI is InChI=1S/C8H10N2O3/c1-13-6-4-5(2-3-10-6)7(9)8(11)12/h2-4,7H,9H2,1H3,(H,11,12). The van der Waals surface area contributed by atoms with Gasteiger partial charge in [0, 0.05) is 12.3 Å². The van der Waals surface area contributed by atoms with Gasteiger partial charge < -0.3 is 15.6 Å². The molecule has 0 saturated carbocycles. The number of methoxy groups -OCH3 is 1. The highest BCUT2D eigenvalue weighted by molar-refractivity contribution is 5.75. The van der Waals surface area contributed by atoms with Crippen molar-refractivity contribution in [1.82, 2.24) is 4.98 Å². The van der Waals surface area contributed by atoms with Crippen LogP contribution >= 0.6 is 0 Å². The normalized spacial score (nSPS) is 12.2. The molecule has 0 bridgehead atoms. The molecule has 70 valence electrons. The van der Waals surface area contributed by atoms with Gasteiger partial charge in [0.2, 0.25) is 5.88 Å². The largest absolute Gasteiger partial charge is 0.481 e. The quantitative estimate of drug-likeness (QED) is 0.696. The van der Waals surface area contributed by atoms with Gasteiger partial charge in [0.1, 0.15) is 6.04 Å². The highest BCUT2D eigenvalue weighted by atomic mass is 16.5. The summed E-state index contributed by atoms with van der Waals surface area (Å²) in [5.74, 6) is -0.720. The van der Waals surface area contributed by atoms with Crippen molar-refractivity contribution in [2.75, 3.05) is 7.11 Å². The first kappa shape index (κ1) is 9.47. The predicted molar refractivity (Wildman–Crippen MR) is 45.4 cm³/mol. The number of aliphatic carboxylic acids is 1. The molecule has 0 aliphatic rings. The molecular formula is C8H10N2O3. The van der Waals surface area contributed by atoms with Crippen molar-refractivity contribution in [1.29, 1.82) is 0 Å². The third-order valence-electron chi connectivity index (χ3n) is 1.59. The van der Waals surface area contributed by atoms with E-state index in [2.05, 4.69) is 4.98 Å². The summed E-state index contributed by atoms with van der Waals surface area (Å²) in [6.45, 7) is 0. The fourth-order valence-electron chi connectivity index (χ4n) is 0.872. The van der Waals surface area contributed by atoms with Gasteiger partial charge in [-0.15, -0.1) is 0 Å². The number of nitrogens with two attached hydrogens (primary N) is 1. The minimum atomic E-state index is -1.08. The van der Waals surface area contributed by atoms with Crippen LogP contribution in [0.2, 0.25) is 0 Å². The lowest BCUT2D eigenvalue weighted by Gasteiger charge is -2.06. The van der Waals surface area contributed by atoms with E-state index in [-0.39, 0.29) is 0 Å². The first-order chi connectivity index (χ1) is 6.15. The molecule has 1 heterocycles. The molecule has 0 saturated heterocycles. The molecule has 0 radical (unpaired) electrons. The maximum atomic E-state index is 10.5. The molecule has 1 aromatic heterocycles. The number of aromatic nitrogens is 1. The lowest BCUT2D eigenvalue weighted by atomic mass is 10.1. The van der Waals surface area contributed by atoms with E-state index in [4.69, 9.17) is 15.6 Å². The Morgan fingerprint density at radius 3 is 3.00 bits per heavy atom. The number of carboxylic acids is 1. The number of rotatable bonds is 3. The van der Waals surface area contributed by atoms with Gasteiger partial charge in [0.15, 0.2) is 0 Å². The van der Waals surface area contributed by atoms with E-state index >= 15 is 0 Å². The maximum absolute atomic E-state index is 10.5. The van der Waals surface area contributed by atoms with Crippen LogP contribution in [0.3, 0.4) is 0 Å². The Morgan fingerprint density at radius 2 is 2.46 bits per heavy atom. The highest BCUT2D eigenvalue weighted by Gasteiger charge is 2.14. The number of nitrogens with zero attached hydrogens (tertiary/aromatic N) is 1. The van der Waals surface area contributed by atoms with Crippen molar-refractivity contribution in [2.24, 2.45) is 5.73 Å². The number of carboxylic acid groups (broad SMARTS) is 1. The van der Waals surface area contributed by atoms with Crippen LogP contribution in [0.5, 0.6) is 5.88 Å². The Labute approximate surface area is 75.2 Å². The summed E-state index contributed by atoms with van der Waals surface area (Å²) in [4.78, 5) is 14.3. The van der Waals surface area contributed by atoms with Crippen LogP contribution in [0.4, 0.5) is 0 Å². The summed E-state index contributed by atoms with van der Waals surface area (Å²) < 4.78 is 4.83. The van der Waals surface area contributed by atoms with Gasteiger partial charge in [-0.1, -0.05) is 0 Å². The van der Waals surface area contributed by atoms with E-state index in [0.29, 0.717) is 11.4 Å². The highest BCUT2D eigenvalue weighted by Crippen LogP contribution is 2.14. The van der Waals surface area contributed by atoms with Crippen LogP contribution in [-0.2, 0) is 4.79 Å². The van der Waals surface area contributed by atoms with Crippen molar-refractivity contribution in [3.8, 4) is 5.88 Å². The fourth-order valence-corrected chi connectivity index (χ4v) is 0.872. The second-order valence-corrected chi connectivity index (χ2v) is 2.45. The van der Waals surface area contributed by atoms with Crippen LogP contribution in [-0.4, -0.2) is 23.2 Å². The molecule has 0 spiro atoms. The Morgan fingerprint density at radius 1 is 1.77 bits per heavy atom. The molecule has 1 rings (SSSR count). The van der Waals surface area contributed by atoms with Crippen LogP contribution in [0, 0.1) is 0 Å². The number of ether oxygens (including phenoxy) is 1. The van der Waals surface area contributed by atoms with Crippen molar-refractivity contribution in [3.05, 3.63) is 23.9 Å². The van der Waals surface area contributed by atoms with Crippen LogP contribution in [0.1, 0.15) is 11.6 Å². The third-order valence-corrected chi connectivity index (χ3v) is 1.59. The summed E-state index contributed by atoms with van der Waals surface area (Å²) in [5.41, 5.74) is 5.85. The first-order valence-corrected chi connectivity index (χ1v) is 3.63. The zero-order chi connectivity index (χ0) is 9.84. The summed E-state index contributed by atoms with van der Waals surface area (Å²) in [6, 6.07) is 2.01. The van der Waals surface area contributed by atoms with Crippen molar-refractivity contribution in [2.45, 2.75) is 6.04 Å². The fraction of sp³-hybridized carbons (Fsp3) is 0.250. The van der Waals surface area contributed by atoms with E-state index in [1.165, 1.54) is 19.4 Å². The molecule has 1 unspecified atom stereocenters. The second-order valence-electron chi connectivity index (χ2n) is 2.45. The number of pyridine rings is 1. The molecule has 0 fully saturated rings. The molecule has 0 aliphatic heterocycles. The Balaban J connectivity index is 2.94. The van der Waals surface area contributed by atoms with Gasteiger partial charge in [-0.25, -0.2) is 4.98 Å². The molecule has 13 heavy (non-hydrogen) atoms. The van der Waals surface area contributed by atoms with Crippen molar-refractivity contribution < 1.29 is 14.6 Å². The van der Waals surface area contributed by atoms with Crippen molar-refractivity contribution in [3.63, 3.8) is 0 Å². The number of hydrogen-bond acceptors (Lipinski definition) is 4. The maximum Gasteiger partial charge on any atom is 0.325 e. The Kier molecular flexibility index (Phi) is 2.81. The smallest absolute Gasteiger partial charge is 0.325 e. The third kappa shape index (κ3) is 2.16. The van der Waals surface area contributed by atoms with Crippen molar-refractivity contribution >= 4 is 5.97 Å².